The topological polar surface area (TPSA) is 53.5 Å². The molecule has 0 radical (unpaired) electrons. The molecule has 0 unspecified atom stereocenters. The SMILES string of the molecule is CCc1nc(C)ncc1OCOCCOC. The minimum absolute atomic E-state index is 0.197. The second-order valence-electron chi connectivity index (χ2n) is 3.24. The van der Waals surface area contributed by atoms with E-state index in [0.717, 1.165) is 17.9 Å². The highest BCUT2D eigenvalue weighted by atomic mass is 16.7. The van der Waals surface area contributed by atoms with Gasteiger partial charge in [0.25, 0.3) is 0 Å². The van der Waals surface area contributed by atoms with Gasteiger partial charge in [-0.05, 0) is 13.3 Å². The van der Waals surface area contributed by atoms with E-state index in [1.54, 1.807) is 13.3 Å². The van der Waals surface area contributed by atoms with Crippen LogP contribution in [0.5, 0.6) is 5.75 Å². The number of hydrogen-bond donors (Lipinski definition) is 0. The van der Waals surface area contributed by atoms with Gasteiger partial charge in [-0.25, -0.2) is 9.97 Å². The van der Waals surface area contributed by atoms with Gasteiger partial charge in [-0.15, -0.1) is 0 Å². The zero-order valence-corrected chi connectivity index (χ0v) is 10.0. The predicted octanol–water partition coefficient (Wildman–Crippen LogP) is 1.35. The first-order valence-corrected chi connectivity index (χ1v) is 5.30. The number of nitrogens with zero attached hydrogens (tertiary/aromatic N) is 2. The molecule has 1 rings (SSSR count). The molecule has 0 saturated carbocycles. The van der Waals surface area contributed by atoms with Crippen molar-refractivity contribution >= 4 is 0 Å². The largest absolute Gasteiger partial charge is 0.464 e. The molecule has 0 aromatic carbocycles. The van der Waals surface area contributed by atoms with Crippen LogP contribution in [0.2, 0.25) is 0 Å². The summed E-state index contributed by atoms with van der Waals surface area (Å²) in [7, 11) is 1.63. The van der Waals surface area contributed by atoms with Crippen molar-refractivity contribution in [1.29, 1.82) is 0 Å². The van der Waals surface area contributed by atoms with Gasteiger partial charge in [-0.1, -0.05) is 6.92 Å². The molecule has 0 aliphatic rings. The molecule has 1 aromatic rings. The van der Waals surface area contributed by atoms with Gasteiger partial charge >= 0.3 is 0 Å². The lowest BCUT2D eigenvalue weighted by Gasteiger charge is -2.09. The average Bonchev–Trinajstić information content (AvgIpc) is 2.30. The lowest BCUT2D eigenvalue weighted by Crippen LogP contribution is -2.09. The summed E-state index contributed by atoms with van der Waals surface area (Å²) < 4.78 is 15.5. The third kappa shape index (κ3) is 4.12. The molecule has 0 spiro atoms. The highest BCUT2D eigenvalue weighted by Crippen LogP contribution is 2.15. The summed E-state index contributed by atoms with van der Waals surface area (Å²) in [6.45, 7) is 5.17. The standard InChI is InChI=1S/C11H18N2O3/c1-4-10-11(7-12-9(2)13-10)16-8-15-6-5-14-3/h7H,4-6,8H2,1-3H3. The van der Waals surface area contributed by atoms with Crippen LogP contribution < -0.4 is 4.74 Å². The molecule has 0 aliphatic heterocycles. The fourth-order valence-corrected chi connectivity index (χ4v) is 1.19. The van der Waals surface area contributed by atoms with E-state index in [9.17, 15) is 0 Å². The van der Waals surface area contributed by atoms with Crippen LogP contribution in [0.4, 0.5) is 0 Å². The molecule has 1 heterocycles. The van der Waals surface area contributed by atoms with E-state index in [0.29, 0.717) is 19.0 Å². The Hall–Kier alpha value is -1.20. The molecule has 90 valence electrons. The van der Waals surface area contributed by atoms with Crippen molar-refractivity contribution in [2.45, 2.75) is 20.3 Å². The van der Waals surface area contributed by atoms with Gasteiger partial charge in [0.2, 0.25) is 0 Å². The quantitative estimate of drug-likeness (QED) is 0.519. The molecule has 0 atom stereocenters. The van der Waals surface area contributed by atoms with Crippen LogP contribution in [-0.4, -0.2) is 37.1 Å². The minimum atomic E-state index is 0.197. The van der Waals surface area contributed by atoms with Gasteiger partial charge in [-0.3, -0.25) is 0 Å². The molecule has 5 nitrogen and oxygen atoms in total. The second kappa shape index (κ2) is 7.14. The van der Waals surface area contributed by atoms with E-state index in [-0.39, 0.29) is 6.79 Å². The third-order valence-electron chi connectivity index (χ3n) is 2.01. The van der Waals surface area contributed by atoms with Crippen molar-refractivity contribution in [3.05, 3.63) is 17.7 Å². The van der Waals surface area contributed by atoms with E-state index in [2.05, 4.69) is 9.97 Å². The second-order valence-corrected chi connectivity index (χ2v) is 3.24. The Morgan fingerprint density at radius 2 is 2.12 bits per heavy atom. The maximum absolute atomic E-state index is 5.43. The first kappa shape index (κ1) is 12.9. The van der Waals surface area contributed by atoms with E-state index in [1.807, 2.05) is 13.8 Å². The predicted molar refractivity (Wildman–Crippen MR) is 59.5 cm³/mol. The normalized spacial score (nSPS) is 10.4. The fraction of sp³-hybridized carbons (Fsp3) is 0.636. The molecular formula is C11H18N2O3. The van der Waals surface area contributed by atoms with Crippen molar-refractivity contribution in [2.75, 3.05) is 27.1 Å². The Morgan fingerprint density at radius 3 is 2.81 bits per heavy atom. The maximum Gasteiger partial charge on any atom is 0.189 e. The lowest BCUT2D eigenvalue weighted by molar-refractivity contribution is -0.00922. The molecule has 0 N–H and O–H groups in total. The number of rotatable bonds is 7. The lowest BCUT2D eigenvalue weighted by atomic mass is 10.3. The van der Waals surface area contributed by atoms with Crippen molar-refractivity contribution in [3.8, 4) is 5.75 Å². The molecule has 1 aromatic heterocycles. The van der Waals surface area contributed by atoms with Crippen LogP contribution in [0.3, 0.4) is 0 Å². The fourth-order valence-electron chi connectivity index (χ4n) is 1.19. The zero-order chi connectivity index (χ0) is 11.8. The van der Waals surface area contributed by atoms with E-state index in [1.165, 1.54) is 0 Å². The number of ether oxygens (including phenoxy) is 3. The third-order valence-corrected chi connectivity index (χ3v) is 2.01. The number of hydrogen-bond acceptors (Lipinski definition) is 5. The van der Waals surface area contributed by atoms with Crippen LogP contribution >= 0.6 is 0 Å². The summed E-state index contributed by atoms with van der Waals surface area (Å²) in [5, 5.41) is 0. The van der Waals surface area contributed by atoms with Gasteiger partial charge in [0.05, 0.1) is 25.1 Å². The highest BCUT2D eigenvalue weighted by Gasteiger charge is 2.04. The van der Waals surface area contributed by atoms with Crippen molar-refractivity contribution < 1.29 is 14.2 Å². The monoisotopic (exact) mass is 226 g/mol. The molecule has 0 bridgehead atoms. The van der Waals surface area contributed by atoms with Crippen LogP contribution in [0, 0.1) is 6.92 Å². The number of aryl methyl sites for hydroxylation is 2. The molecule has 5 heteroatoms. The van der Waals surface area contributed by atoms with Gasteiger partial charge in [0, 0.05) is 7.11 Å². The smallest absolute Gasteiger partial charge is 0.189 e. The van der Waals surface area contributed by atoms with Crippen LogP contribution in [0.15, 0.2) is 6.20 Å². The van der Waals surface area contributed by atoms with E-state index in [4.69, 9.17) is 14.2 Å². The zero-order valence-electron chi connectivity index (χ0n) is 10.0. The van der Waals surface area contributed by atoms with Crippen LogP contribution in [-0.2, 0) is 15.9 Å². The summed E-state index contributed by atoms with van der Waals surface area (Å²) >= 11 is 0. The summed E-state index contributed by atoms with van der Waals surface area (Å²) in [6.07, 6.45) is 2.50. The first-order chi connectivity index (χ1) is 7.77. The first-order valence-electron chi connectivity index (χ1n) is 5.30. The molecule has 16 heavy (non-hydrogen) atoms. The van der Waals surface area contributed by atoms with Crippen molar-refractivity contribution in [3.63, 3.8) is 0 Å². The maximum atomic E-state index is 5.43. The van der Waals surface area contributed by atoms with Gasteiger partial charge in [-0.2, -0.15) is 0 Å². The summed E-state index contributed by atoms with van der Waals surface area (Å²) in [5.41, 5.74) is 0.905. The van der Waals surface area contributed by atoms with Crippen LogP contribution in [0.1, 0.15) is 18.4 Å². The van der Waals surface area contributed by atoms with Crippen molar-refractivity contribution in [2.24, 2.45) is 0 Å². The van der Waals surface area contributed by atoms with E-state index >= 15 is 0 Å². The number of methoxy groups -OCH3 is 1. The van der Waals surface area contributed by atoms with E-state index < -0.39 is 0 Å². The average molecular weight is 226 g/mol. The van der Waals surface area contributed by atoms with Crippen LogP contribution in [0.25, 0.3) is 0 Å². The summed E-state index contributed by atoms with van der Waals surface area (Å²) in [6, 6.07) is 0. The summed E-state index contributed by atoms with van der Waals surface area (Å²) in [5.74, 6) is 1.44. The molecular weight excluding hydrogens is 208 g/mol. The molecule has 0 fully saturated rings. The summed E-state index contributed by atoms with van der Waals surface area (Å²) in [4.78, 5) is 8.38. The Balaban J connectivity index is 2.41. The Morgan fingerprint density at radius 1 is 1.31 bits per heavy atom. The number of aromatic nitrogens is 2. The van der Waals surface area contributed by atoms with Gasteiger partial charge in [0.15, 0.2) is 12.5 Å². The molecule has 0 saturated heterocycles. The molecule has 0 amide bonds. The Bertz CT molecular complexity index is 318. The highest BCUT2D eigenvalue weighted by molar-refractivity contribution is 5.24. The molecule has 0 aliphatic carbocycles. The Kier molecular flexibility index (Phi) is 5.74. The Labute approximate surface area is 95.8 Å². The van der Waals surface area contributed by atoms with Gasteiger partial charge < -0.3 is 14.2 Å². The van der Waals surface area contributed by atoms with Gasteiger partial charge in [0.1, 0.15) is 5.82 Å². The van der Waals surface area contributed by atoms with Crippen molar-refractivity contribution in [1.82, 2.24) is 9.97 Å². The minimum Gasteiger partial charge on any atom is -0.464 e.